The van der Waals surface area contributed by atoms with Gasteiger partial charge in [-0.05, 0) is 19.3 Å². The summed E-state index contributed by atoms with van der Waals surface area (Å²) in [5.41, 5.74) is 0. The van der Waals surface area contributed by atoms with E-state index < -0.39 is 44.9 Å². The standard InChI is InChI=1S/C15H29O10P/c1-2-3-4-7-12(16)23-8-5-6-10-13(17)15(19)14(18)11(25-10)9-24-26(20,21)22/h10-11,13-15,17-19H,2-9H2,1H3,(H2,20,21,22). The van der Waals surface area contributed by atoms with Crippen LogP contribution in [0.2, 0.25) is 0 Å². The van der Waals surface area contributed by atoms with Gasteiger partial charge >= 0.3 is 13.8 Å². The number of unbranched alkanes of at least 4 members (excludes halogenated alkanes) is 2. The van der Waals surface area contributed by atoms with Crippen LogP contribution in [-0.2, 0) is 23.4 Å². The van der Waals surface area contributed by atoms with E-state index in [9.17, 15) is 24.7 Å². The molecule has 0 radical (unpaired) electrons. The Hall–Kier alpha value is -0.580. The molecule has 0 aromatic rings. The van der Waals surface area contributed by atoms with Crippen molar-refractivity contribution in [3.05, 3.63) is 0 Å². The van der Waals surface area contributed by atoms with Crippen LogP contribution < -0.4 is 0 Å². The Balaban J connectivity index is 2.39. The number of rotatable bonds is 11. The second-order valence-corrected chi connectivity index (χ2v) is 7.53. The van der Waals surface area contributed by atoms with Gasteiger partial charge in [-0.2, -0.15) is 0 Å². The summed E-state index contributed by atoms with van der Waals surface area (Å²) < 4.78 is 25.5. The molecule has 154 valence electrons. The Labute approximate surface area is 152 Å². The number of carbonyl (C=O) groups is 1. The van der Waals surface area contributed by atoms with Crippen molar-refractivity contribution >= 4 is 13.8 Å². The third-order valence-corrected chi connectivity index (χ3v) is 4.58. The fourth-order valence-corrected chi connectivity index (χ4v) is 2.98. The molecule has 10 nitrogen and oxygen atoms in total. The maximum Gasteiger partial charge on any atom is 0.469 e. The van der Waals surface area contributed by atoms with Crippen molar-refractivity contribution < 1.29 is 48.5 Å². The Morgan fingerprint density at radius 3 is 2.31 bits per heavy atom. The summed E-state index contributed by atoms with van der Waals surface area (Å²) in [6, 6.07) is 0. The van der Waals surface area contributed by atoms with Crippen molar-refractivity contribution in [1.82, 2.24) is 0 Å². The van der Waals surface area contributed by atoms with Crippen LogP contribution >= 0.6 is 7.82 Å². The fourth-order valence-electron chi connectivity index (χ4n) is 2.64. The second-order valence-electron chi connectivity index (χ2n) is 6.29. The van der Waals surface area contributed by atoms with Gasteiger partial charge in [0.25, 0.3) is 0 Å². The topological polar surface area (TPSA) is 163 Å². The van der Waals surface area contributed by atoms with Crippen LogP contribution in [0.15, 0.2) is 0 Å². The first-order chi connectivity index (χ1) is 12.2. The summed E-state index contributed by atoms with van der Waals surface area (Å²) in [6.45, 7) is 1.52. The third-order valence-electron chi connectivity index (χ3n) is 4.10. The van der Waals surface area contributed by atoms with E-state index in [1.54, 1.807) is 0 Å². The molecule has 5 atom stereocenters. The molecule has 1 rings (SSSR count). The monoisotopic (exact) mass is 400 g/mol. The summed E-state index contributed by atoms with van der Waals surface area (Å²) in [7, 11) is -4.76. The molecule has 1 aliphatic rings. The van der Waals surface area contributed by atoms with Gasteiger partial charge in [0.2, 0.25) is 0 Å². The highest BCUT2D eigenvalue weighted by molar-refractivity contribution is 7.46. The molecule has 1 fully saturated rings. The SMILES string of the molecule is CCCCCC(=O)OCCCC1OC(COP(=O)(O)O)C(O)C(O)C1O. The number of hydrogen-bond acceptors (Lipinski definition) is 8. The molecule has 1 heterocycles. The summed E-state index contributed by atoms with van der Waals surface area (Å²) in [5.74, 6) is -0.299. The summed E-state index contributed by atoms with van der Waals surface area (Å²) in [5, 5.41) is 29.7. The molecule has 1 aliphatic heterocycles. The zero-order valence-corrected chi connectivity index (χ0v) is 15.7. The molecule has 26 heavy (non-hydrogen) atoms. The van der Waals surface area contributed by atoms with Crippen molar-refractivity contribution in [3.63, 3.8) is 0 Å². The van der Waals surface area contributed by atoms with Crippen LogP contribution in [0.5, 0.6) is 0 Å². The molecule has 0 spiro atoms. The van der Waals surface area contributed by atoms with Crippen LogP contribution in [-0.4, -0.2) is 74.8 Å². The lowest BCUT2D eigenvalue weighted by Gasteiger charge is -2.40. The Kier molecular flexibility index (Phi) is 10.2. The van der Waals surface area contributed by atoms with Crippen molar-refractivity contribution in [1.29, 1.82) is 0 Å². The zero-order chi connectivity index (χ0) is 19.7. The van der Waals surface area contributed by atoms with Crippen molar-refractivity contribution in [2.24, 2.45) is 0 Å². The van der Waals surface area contributed by atoms with Gasteiger partial charge in [0.1, 0.15) is 24.4 Å². The molecule has 5 N–H and O–H groups in total. The predicted octanol–water partition coefficient (Wildman–Crippen LogP) is -0.151. The highest BCUT2D eigenvalue weighted by Gasteiger charge is 2.43. The van der Waals surface area contributed by atoms with Gasteiger partial charge in [-0.3, -0.25) is 9.32 Å². The van der Waals surface area contributed by atoms with E-state index in [2.05, 4.69) is 4.52 Å². The number of hydrogen-bond donors (Lipinski definition) is 5. The maximum atomic E-state index is 11.5. The van der Waals surface area contributed by atoms with Gasteiger partial charge in [-0.1, -0.05) is 19.8 Å². The average molecular weight is 400 g/mol. The molecule has 11 heteroatoms. The number of aliphatic hydroxyl groups excluding tert-OH is 3. The van der Waals surface area contributed by atoms with E-state index >= 15 is 0 Å². The molecule has 0 saturated carbocycles. The summed E-state index contributed by atoms with van der Waals surface area (Å²) >= 11 is 0. The minimum Gasteiger partial charge on any atom is -0.466 e. The van der Waals surface area contributed by atoms with Gasteiger partial charge in [0.05, 0.1) is 19.3 Å². The Bertz CT molecular complexity index is 467. The lowest BCUT2D eigenvalue weighted by Crippen LogP contribution is -2.58. The van der Waals surface area contributed by atoms with Crippen LogP contribution in [0.3, 0.4) is 0 Å². The normalized spacial score (nSPS) is 29.5. The minimum absolute atomic E-state index is 0.125. The molecule has 0 aromatic carbocycles. The molecule has 0 amide bonds. The van der Waals surface area contributed by atoms with E-state index in [0.717, 1.165) is 19.3 Å². The smallest absolute Gasteiger partial charge is 0.466 e. The van der Waals surface area contributed by atoms with Gasteiger partial charge in [0, 0.05) is 6.42 Å². The van der Waals surface area contributed by atoms with Crippen molar-refractivity contribution in [3.8, 4) is 0 Å². The molecule has 0 bridgehead atoms. The van der Waals surface area contributed by atoms with Gasteiger partial charge < -0.3 is 34.6 Å². The summed E-state index contributed by atoms with van der Waals surface area (Å²) in [4.78, 5) is 28.9. The lowest BCUT2D eigenvalue weighted by molar-refractivity contribution is -0.229. The second kappa shape index (κ2) is 11.3. The quantitative estimate of drug-likeness (QED) is 0.179. The number of carbonyl (C=O) groups excluding carboxylic acids is 1. The van der Waals surface area contributed by atoms with Gasteiger partial charge in [-0.15, -0.1) is 0 Å². The van der Waals surface area contributed by atoms with E-state index in [-0.39, 0.29) is 19.0 Å². The minimum atomic E-state index is -4.76. The maximum absolute atomic E-state index is 11.5. The number of ether oxygens (including phenoxy) is 2. The molecular formula is C15H29O10P. The van der Waals surface area contributed by atoms with Crippen LogP contribution in [0.4, 0.5) is 0 Å². The highest BCUT2D eigenvalue weighted by atomic mass is 31.2. The zero-order valence-electron chi connectivity index (χ0n) is 14.8. The van der Waals surface area contributed by atoms with Crippen LogP contribution in [0, 0.1) is 0 Å². The molecular weight excluding hydrogens is 371 g/mol. The van der Waals surface area contributed by atoms with Gasteiger partial charge in [0.15, 0.2) is 0 Å². The fraction of sp³-hybridized carbons (Fsp3) is 0.933. The van der Waals surface area contributed by atoms with Crippen molar-refractivity contribution in [2.75, 3.05) is 13.2 Å². The molecule has 0 aromatic heterocycles. The van der Waals surface area contributed by atoms with Gasteiger partial charge in [-0.25, -0.2) is 4.57 Å². The van der Waals surface area contributed by atoms with E-state index in [1.807, 2.05) is 6.92 Å². The predicted molar refractivity (Wildman–Crippen MR) is 89.0 cm³/mol. The molecule has 0 aliphatic carbocycles. The van der Waals surface area contributed by atoms with E-state index in [4.69, 9.17) is 19.3 Å². The first-order valence-corrected chi connectivity index (χ1v) is 10.2. The first-order valence-electron chi connectivity index (χ1n) is 8.71. The first kappa shape index (κ1) is 23.5. The molecule has 5 unspecified atom stereocenters. The van der Waals surface area contributed by atoms with Crippen LogP contribution in [0.25, 0.3) is 0 Å². The van der Waals surface area contributed by atoms with Crippen LogP contribution in [0.1, 0.15) is 45.4 Å². The highest BCUT2D eigenvalue weighted by Crippen LogP contribution is 2.37. The average Bonchev–Trinajstić information content (AvgIpc) is 2.56. The number of esters is 1. The lowest BCUT2D eigenvalue weighted by atomic mass is 9.93. The number of phosphoric ester groups is 1. The largest absolute Gasteiger partial charge is 0.469 e. The van der Waals surface area contributed by atoms with Crippen molar-refractivity contribution in [2.45, 2.75) is 76.0 Å². The third kappa shape index (κ3) is 8.41. The summed E-state index contributed by atoms with van der Waals surface area (Å²) in [6.07, 6.45) is -2.92. The molecule has 1 saturated heterocycles. The number of aliphatic hydroxyl groups is 3. The Morgan fingerprint density at radius 2 is 1.69 bits per heavy atom. The Morgan fingerprint density at radius 1 is 1.04 bits per heavy atom. The number of phosphoric acid groups is 1. The van der Waals surface area contributed by atoms with E-state index in [1.165, 1.54) is 0 Å². The van der Waals surface area contributed by atoms with E-state index in [0.29, 0.717) is 12.8 Å².